The van der Waals surface area contributed by atoms with Crippen molar-refractivity contribution in [2.24, 2.45) is 0 Å². The first-order chi connectivity index (χ1) is 12.9. The molecule has 1 atom stereocenters. The SMILES string of the molecule is CC[C@]1(O)C(=O)OCc2c1cc1n(c2=O)Cc2cc3cc(Cl)ccc3nc2-1. The topological polar surface area (TPSA) is 81.4 Å². The molecular weight excluding hydrogens is 368 g/mol. The van der Waals surface area contributed by atoms with Crippen LogP contribution in [-0.4, -0.2) is 20.6 Å². The summed E-state index contributed by atoms with van der Waals surface area (Å²) in [5, 5.41) is 12.4. The minimum atomic E-state index is -1.81. The zero-order chi connectivity index (χ0) is 18.9. The summed E-state index contributed by atoms with van der Waals surface area (Å²) in [6.45, 7) is 1.94. The standard InChI is InChI=1S/C20H15ClN2O4/c1-2-20(26)14-7-16-17-11(5-10-6-12(21)3-4-15(10)22-17)8-23(16)18(24)13(14)9-27-19(20)25/h3-7,26H,2,8-9H2,1H3/t20-/m1/s1. The molecule has 0 spiro atoms. The first kappa shape index (κ1) is 16.5. The number of carbonyl (C=O) groups is 1. The number of carbonyl (C=O) groups excluding carboxylic acids is 1. The van der Waals surface area contributed by atoms with Gasteiger partial charge < -0.3 is 14.4 Å². The highest BCUT2D eigenvalue weighted by molar-refractivity contribution is 6.31. The molecule has 136 valence electrons. The number of hydrogen-bond acceptors (Lipinski definition) is 5. The van der Waals surface area contributed by atoms with Crippen LogP contribution >= 0.6 is 11.6 Å². The molecule has 0 unspecified atom stereocenters. The van der Waals surface area contributed by atoms with Crippen molar-refractivity contribution < 1.29 is 14.6 Å². The van der Waals surface area contributed by atoms with Crippen LogP contribution in [0.2, 0.25) is 5.02 Å². The molecule has 6 nitrogen and oxygen atoms in total. The highest BCUT2D eigenvalue weighted by atomic mass is 35.5. The number of hydrogen-bond donors (Lipinski definition) is 1. The van der Waals surface area contributed by atoms with Crippen molar-refractivity contribution in [2.45, 2.75) is 32.1 Å². The maximum absolute atomic E-state index is 13.0. The van der Waals surface area contributed by atoms with Crippen LogP contribution in [0.5, 0.6) is 0 Å². The van der Waals surface area contributed by atoms with Gasteiger partial charge in [0, 0.05) is 21.5 Å². The van der Waals surface area contributed by atoms with E-state index in [1.54, 1.807) is 23.6 Å². The van der Waals surface area contributed by atoms with E-state index >= 15 is 0 Å². The lowest BCUT2D eigenvalue weighted by Gasteiger charge is -2.31. The van der Waals surface area contributed by atoms with E-state index in [2.05, 4.69) is 0 Å². The first-order valence-electron chi connectivity index (χ1n) is 8.68. The molecule has 3 aromatic rings. The number of halogens is 1. The van der Waals surface area contributed by atoms with Crippen molar-refractivity contribution in [3.05, 3.63) is 62.4 Å². The Morgan fingerprint density at radius 1 is 1.30 bits per heavy atom. The van der Waals surface area contributed by atoms with Crippen LogP contribution in [0.1, 0.15) is 30.0 Å². The number of fused-ring (bicyclic) bond motifs is 5. The quantitative estimate of drug-likeness (QED) is 0.512. The van der Waals surface area contributed by atoms with Gasteiger partial charge in [-0.05, 0) is 36.8 Å². The Morgan fingerprint density at radius 2 is 2.11 bits per heavy atom. The zero-order valence-electron chi connectivity index (χ0n) is 14.5. The molecule has 0 fully saturated rings. The van der Waals surface area contributed by atoms with Gasteiger partial charge in [0.1, 0.15) is 6.61 Å². The van der Waals surface area contributed by atoms with Gasteiger partial charge in [-0.3, -0.25) is 4.79 Å². The summed E-state index contributed by atoms with van der Waals surface area (Å²) < 4.78 is 6.69. The molecule has 5 rings (SSSR count). The van der Waals surface area contributed by atoms with Gasteiger partial charge in [-0.1, -0.05) is 18.5 Å². The predicted octanol–water partition coefficient (Wildman–Crippen LogP) is 2.73. The second kappa shape index (κ2) is 5.41. The van der Waals surface area contributed by atoms with Crippen LogP contribution in [0.15, 0.2) is 35.1 Å². The highest BCUT2D eigenvalue weighted by Crippen LogP contribution is 2.38. The minimum Gasteiger partial charge on any atom is -0.458 e. The third-order valence-corrected chi connectivity index (χ3v) is 5.70. The van der Waals surface area contributed by atoms with Crippen molar-refractivity contribution in [2.75, 3.05) is 0 Å². The van der Waals surface area contributed by atoms with Crippen LogP contribution in [0.4, 0.5) is 0 Å². The van der Waals surface area contributed by atoms with Crippen molar-refractivity contribution in [3.8, 4) is 11.4 Å². The number of benzene rings is 1. The van der Waals surface area contributed by atoms with E-state index in [1.807, 2.05) is 18.2 Å². The second-order valence-electron chi connectivity index (χ2n) is 6.94. The molecule has 1 aromatic carbocycles. The normalized spacial score (nSPS) is 20.2. The number of nitrogens with zero attached hydrogens (tertiary/aromatic N) is 2. The van der Waals surface area contributed by atoms with Gasteiger partial charge in [0.15, 0.2) is 5.60 Å². The number of esters is 1. The fourth-order valence-corrected chi connectivity index (χ4v) is 4.14. The molecule has 7 heteroatoms. The molecule has 0 saturated heterocycles. The molecular formula is C20H15ClN2O4. The van der Waals surface area contributed by atoms with Crippen LogP contribution < -0.4 is 5.56 Å². The van der Waals surface area contributed by atoms with E-state index in [4.69, 9.17) is 21.3 Å². The van der Waals surface area contributed by atoms with Crippen LogP contribution in [0, 0.1) is 0 Å². The molecule has 0 bridgehead atoms. The zero-order valence-corrected chi connectivity index (χ0v) is 15.2. The fraction of sp³-hybridized carbons (Fsp3) is 0.250. The predicted molar refractivity (Wildman–Crippen MR) is 99.5 cm³/mol. The van der Waals surface area contributed by atoms with Gasteiger partial charge in [-0.2, -0.15) is 0 Å². The van der Waals surface area contributed by atoms with Crippen LogP contribution in [-0.2, 0) is 28.3 Å². The number of ether oxygens (including phenoxy) is 1. The Balaban J connectivity index is 1.80. The van der Waals surface area contributed by atoms with Crippen molar-refractivity contribution in [3.63, 3.8) is 0 Å². The van der Waals surface area contributed by atoms with E-state index in [0.29, 0.717) is 34.1 Å². The largest absolute Gasteiger partial charge is 0.458 e. The second-order valence-corrected chi connectivity index (χ2v) is 7.37. The number of aromatic nitrogens is 2. The molecule has 2 aliphatic rings. The van der Waals surface area contributed by atoms with E-state index in [-0.39, 0.29) is 18.6 Å². The molecule has 1 N–H and O–H groups in total. The number of rotatable bonds is 1. The smallest absolute Gasteiger partial charge is 0.343 e. The lowest BCUT2D eigenvalue weighted by molar-refractivity contribution is -0.172. The summed E-state index contributed by atoms with van der Waals surface area (Å²) in [6, 6.07) is 9.12. The average molecular weight is 383 g/mol. The summed E-state index contributed by atoms with van der Waals surface area (Å²) in [4.78, 5) is 29.9. The third-order valence-electron chi connectivity index (χ3n) is 5.47. The maximum atomic E-state index is 13.0. The summed E-state index contributed by atoms with van der Waals surface area (Å²) in [7, 11) is 0. The molecule has 4 heterocycles. The highest BCUT2D eigenvalue weighted by Gasteiger charge is 2.45. The van der Waals surface area contributed by atoms with Gasteiger partial charge in [0.2, 0.25) is 0 Å². The fourth-order valence-electron chi connectivity index (χ4n) is 3.96. The number of pyridine rings is 2. The molecule has 0 amide bonds. The monoisotopic (exact) mass is 382 g/mol. The van der Waals surface area contributed by atoms with E-state index < -0.39 is 11.6 Å². The lowest BCUT2D eigenvalue weighted by Crippen LogP contribution is -2.44. The minimum absolute atomic E-state index is 0.123. The van der Waals surface area contributed by atoms with Crippen molar-refractivity contribution in [1.82, 2.24) is 9.55 Å². The third kappa shape index (κ3) is 2.14. The Bertz CT molecular complexity index is 1220. The van der Waals surface area contributed by atoms with Crippen molar-refractivity contribution >= 4 is 28.5 Å². The molecule has 0 saturated carbocycles. The number of aliphatic hydroxyl groups is 1. The Kier molecular flexibility index (Phi) is 3.30. The molecule has 0 radical (unpaired) electrons. The lowest BCUT2D eigenvalue weighted by atomic mass is 9.86. The average Bonchev–Trinajstić information content (AvgIpc) is 3.01. The summed E-state index contributed by atoms with van der Waals surface area (Å²) in [5.74, 6) is -0.721. The van der Waals surface area contributed by atoms with Crippen LogP contribution in [0.3, 0.4) is 0 Å². The first-order valence-corrected chi connectivity index (χ1v) is 9.06. The summed E-state index contributed by atoms with van der Waals surface area (Å²) in [5.41, 5.74) is 1.52. The van der Waals surface area contributed by atoms with Gasteiger partial charge in [-0.25, -0.2) is 9.78 Å². The number of cyclic esters (lactones) is 1. The van der Waals surface area contributed by atoms with Gasteiger partial charge >= 0.3 is 5.97 Å². The molecule has 0 aliphatic carbocycles. The molecule has 2 aromatic heterocycles. The van der Waals surface area contributed by atoms with Crippen molar-refractivity contribution in [1.29, 1.82) is 0 Å². The summed E-state index contributed by atoms with van der Waals surface area (Å²) >= 11 is 6.07. The van der Waals surface area contributed by atoms with E-state index in [1.165, 1.54) is 0 Å². The summed E-state index contributed by atoms with van der Waals surface area (Å²) in [6.07, 6.45) is 0.123. The van der Waals surface area contributed by atoms with E-state index in [9.17, 15) is 14.7 Å². The van der Waals surface area contributed by atoms with E-state index in [0.717, 1.165) is 16.5 Å². The van der Waals surface area contributed by atoms with Gasteiger partial charge in [0.05, 0.1) is 29.0 Å². The van der Waals surface area contributed by atoms with Gasteiger partial charge in [-0.15, -0.1) is 0 Å². The Hall–Kier alpha value is -2.70. The van der Waals surface area contributed by atoms with Gasteiger partial charge in [0.25, 0.3) is 5.56 Å². The maximum Gasteiger partial charge on any atom is 0.343 e. The Labute approximate surface area is 159 Å². The Morgan fingerprint density at radius 3 is 2.89 bits per heavy atom. The molecule has 2 aliphatic heterocycles. The molecule has 27 heavy (non-hydrogen) atoms. The van der Waals surface area contributed by atoms with Crippen LogP contribution in [0.25, 0.3) is 22.3 Å².